The summed E-state index contributed by atoms with van der Waals surface area (Å²) < 4.78 is 27.0. The molecule has 1 aromatic carbocycles. The second kappa shape index (κ2) is 8.40. The molecule has 0 aliphatic carbocycles. The third kappa shape index (κ3) is 4.74. The van der Waals surface area contributed by atoms with E-state index in [9.17, 15) is 18.7 Å². The second-order valence-corrected chi connectivity index (χ2v) is 4.84. The maximum absolute atomic E-state index is 13.5. The van der Waals surface area contributed by atoms with Gasteiger partial charge in [0.25, 0.3) is 6.47 Å². The molecule has 2 rings (SSSR count). The van der Waals surface area contributed by atoms with Gasteiger partial charge in [-0.25, -0.2) is 8.78 Å². The Morgan fingerprint density at radius 3 is 2.36 bits per heavy atom. The van der Waals surface area contributed by atoms with Gasteiger partial charge in [-0.1, -0.05) is 6.07 Å². The summed E-state index contributed by atoms with van der Waals surface area (Å²) in [6.45, 7) is 0.272. The number of carboxylic acids is 1. The first-order valence-electron chi connectivity index (χ1n) is 6.54. The molecule has 8 heteroatoms. The first kappa shape index (κ1) is 18.0. The lowest BCUT2D eigenvalue weighted by Crippen LogP contribution is -2.46. The lowest BCUT2D eigenvalue weighted by molar-refractivity contribution is -0.148. The van der Waals surface area contributed by atoms with Crippen molar-refractivity contribution in [1.29, 1.82) is 0 Å². The molecule has 0 spiro atoms. The summed E-state index contributed by atoms with van der Waals surface area (Å²) in [4.78, 5) is 20.9. The van der Waals surface area contributed by atoms with Crippen LogP contribution in [0.3, 0.4) is 0 Å². The summed E-state index contributed by atoms with van der Waals surface area (Å²) >= 11 is 0. The first-order valence-corrected chi connectivity index (χ1v) is 6.54. The van der Waals surface area contributed by atoms with Crippen molar-refractivity contribution in [2.24, 2.45) is 5.92 Å². The van der Waals surface area contributed by atoms with Crippen molar-refractivity contribution in [2.45, 2.75) is 19.1 Å². The molecule has 0 radical (unpaired) electrons. The van der Waals surface area contributed by atoms with Crippen LogP contribution >= 0.6 is 0 Å². The van der Waals surface area contributed by atoms with E-state index in [1.807, 2.05) is 0 Å². The predicted molar refractivity (Wildman–Crippen MR) is 72.1 cm³/mol. The molecular formula is C14H17F2NO5. The van der Waals surface area contributed by atoms with E-state index in [1.165, 1.54) is 18.2 Å². The highest BCUT2D eigenvalue weighted by molar-refractivity contribution is 5.70. The van der Waals surface area contributed by atoms with Gasteiger partial charge in [-0.15, -0.1) is 0 Å². The Morgan fingerprint density at radius 1 is 1.36 bits per heavy atom. The van der Waals surface area contributed by atoms with Crippen molar-refractivity contribution >= 4 is 12.4 Å². The predicted octanol–water partition coefficient (Wildman–Crippen LogP) is 0.933. The van der Waals surface area contributed by atoms with E-state index in [1.54, 1.807) is 4.90 Å². The van der Waals surface area contributed by atoms with E-state index in [0.29, 0.717) is 6.54 Å². The smallest absolute Gasteiger partial charge is 0.309 e. The minimum atomic E-state index is -1.04. The minimum Gasteiger partial charge on any atom is -0.483 e. The number of hydrogen-bond donors (Lipinski definition) is 3. The van der Waals surface area contributed by atoms with Crippen LogP contribution in [-0.4, -0.2) is 51.9 Å². The van der Waals surface area contributed by atoms with Gasteiger partial charge in [-0.3, -0.25) is 14.5 Å². The van der Waals surface area contributed by atoms with Crippen LogP contribution in [-0.2, 0) is 16.1 Å². The Bertz CT molecular complexity index is 506. The van der Waals surface area contributed by atoms with Crippen molar-refractivity contribution < 1.29 is 33.7 Å². The Balaban J connectivity index is 0.000000745. The Kier molecular flexibility index (Phi) is 6.87. The highest BCUT2D eigenvalue weighted by Crippen LogP contribution is 2.21. The lowest BCUT2D eigenvalue weighted by atomic mass is 9.94. The molecule has 1 saturated heterocycles. The van der Waals surface area contributed by atoms with E-state index in [2.05, 4.69) is 0 Å². The molecule has 0 bridgehead atoms. The number of rotatable bonds is 3. The fourth-order valence-corrected chi connectivity index (χ4v) is 2.34. The fourth-order valence-electron chi connectivity index (χ4n) is 2.34. The Labute approximate surface area is 125 Å². The van der Waals surface area contributed by atoms with Gasteiger partial charge in [0.05, 0.1) is 12.0 Å². The summed E-state index contributed by atoms with van der Waals surface area (Å²) in [5.41, 5.74) is -0.0523. The van der Waals surface area contributed by atoms with Crippen LogP contribution in [0.1, 0.15) is 12.0 Å². The monoisotopic (exact) mass is 317 g/mol. The molecule has 0 unspecified atom stereocenters. The number of carboxylic acid groups (broad SMARTS) is 2. The number of nitrogens with zero attached hydrogens (tertiary/aromatic N) is 1. The van der Waals surface area contributed by atoms with Crippen molar-refractivity contribution in [2.75, 3.05) is 13.1 Å². The highest BCUT2D eigenvalue weighted by atomic mass is 19.1. The molecule has 3 N–H and O–H groups in total. The number of carbonyl (C=O) groups is 2. The van der Waals surface area contributed by atoms with Crippen LogP contribution in [0.25, 0.3) is 0 Å². The van der Waals surface area contributed by atoms with Crippen molar-refractivity contribution in [3.63, 3.8) is 0 Å². The van der Waals surface area contributed by atoms with Crippen LogP contribution < -0.4 is 0 Å². The zero-order chi connectivity index (χ0) is 16.7. The average molecular weight is 317 g/mol. The second-order valence-electron chi connectivity index (χ2n) is 4.84. The summed E-state index contributed by atoms with van der Waals surface area (Å²) in [5, 5.41) is 25.5. The molecule has 1 aliphatic heterocycles. The van der Waals surface area contributed by atoms with Crippen molar-refractivity contribution in [3.8, 4) is 0 Å². The van der Waals surface area contributed by atoms with Gasteiger partial charge in [-0.2, -0.15) is 0 Å². The van der Waals surface area contributed by atoms with Gasteiger partial charge in [0.2, 0.25) is 0 Å². The minimum absolute atomic E-state index is 0.0297. The van der Waals surface area contributed by atoms with E-state index in [-0.39, 0.29) is 31.5 Å². The number of hydrogen-bond acceptors (Lipinski definition) is 4. The van der Waals surface area contributed by atoms with Crippen molar-refractivity contribution in [3.05, 3.63) is 35.4 Å². The molecule has 1 aliphatic rings. The summed E-state index contributed by atoms with van der Waals surface area (Å²) in [7, 11) is 0. The summed E-state index contributed by atoms with van der Waals surface area (Å²) in [6.07, 6.45) is -0.742. The molecule has 0 aromatic heterocycles. The average Bonchev–Trinajstić information content (AvgIpc) is 2.43. The largest absolute Gasteiger partial charge is 0.483 e. The number of aliphatic hydroxyl groups excluding tert-OH is 1. The topological polar surface area (TPSA) is 98.1 Å². The van der Waals surface area contributed by atoms with E-state index < -0.39 is 29.6 Å². The SMILES string of the molecule is O=C(O)[C@H]1CCN(Cc2c(F)cccc2F)C[C@H]1O.O=CO. The molecule has 2 atom stereocenters. The van der Waals surface area contributed by atoms with Crippen LogP contribution in [0.15, 0.2) is 18.2 Å². The maximum Gasteiger partial charge on any atom is 0.309 e. The number of benzene rings is 1. The number of halogens is 2. The lowest BCUT2D eigenvalue weighted by Gasteiger charge is -2.34. The molecule has 0 amide bonds. The summed E-state index contributed by atoms with van der Waals surface area (Å²) in [5.74, 6) is -3.10. The Morgan fingerprint density at radius 2 is 1.91 bits per heavy atom. The first-order chi connectivity index (χ1) is 10.4. The molecule has 122 valence electrons. The van der Waals surface area contributed by atoms with Gasteiger partial charge >= 0.3 is 5.97 Å². The van der Waals surface area contributed by atoms with Crippen LogP contribution in [0.4, 0.5) is 8.78 Å². The number of aliphatic hydroxyl groups is 1. The molecule has 1 fully saturated rings. The third-order valence-electron chi connectivity index (χ3n) is 3.43. The third-order valence-corrected chi connectivity index (χ3v) is 3.43. The number of piperidine rings is 1. The molecule has 1 heterocycles. The van der Waals surface area contributed by atoms with Gasteiger partial charge in [0.1, 0.15) is 11.6 Å². The van der Waals surface area contributed by atoms with Gasteiger partial charge in [0.15, 0.2) is 0 Å². The fraction of sp³-hybridized carbons (Fsp3) is 0.429. The molecule has 0 saturated carbocycles. The Hall–Kier alpha value is -2.06. The van der Waals surface area contributed by atoms with Gasteiger partial charge in [-0.05, 0) is 25.1 Å². The van der Waals surface area contributed by atoms with Crippen molar-refractivity contribution in [1.82, 2.24) is 4.90 Å². The summed E-state index contributed by atoms with van der Waals surface area (Å²) in [6, 6.07) is 3.65. The highest BCUT2D eigenvalue weighted by Gasteiger charge is 2.33. The quantitative estimate of drug-likeness (QED) is 0.718. The molecule has 6 nitrogen and oxygen atoms in total. The van der Waals surface area contributed by atoms with E-state index >= 15 is 0 Å². The van der Waals surface area contributed by atoms with Gasteiger partial charge in [0, 0.05) is 18.7 Å². The molecule has 1 aromatic rings. The van der Waals surface area contributed by atoms with Crippen LogP contribution in [0.5, 0.6) is 0 Å². The number of β-amino-alcohol motifs (C(OH)–C–C–N with tert-alkyl or cyclic N) is 1. The zero-order valence-corrected chi connectivity index (χ0v) is 11.7. The standard InChI is InChI=1S/C13H15F2NO3.CH2O2/c14-10-2-1-3-11(15)9(10)6-16-5-4-8(13(18)19)12(17)7-16;2-1-3/h1-3,8,12,17H,4-7H2,(H,18,19);1H,(H,2,3)/t8-,12+;/m0./s1. The normalized spacial score (nSPS) is 21.6. The van der Waals surface area contributed by atoms with Gasteiger partial charge < -0.3 is 15.3 Å². The maximum atomic E-state index is 13.5. The van der Waals surface area contributed by atoms with Crippen LogP contribution in [0.2, 0.25) is 0 Å². The molecular weight excluding hydrogens is 300 g/mol. The van der Waals surface area contributed by atoms with Crippen LogP contribution in [0, 0.1) is 17.6 Å². The molecule has 22 heavy (non-hydrogen) atoms. The number of aliphatic carboxylic acids is 1. The zero-order valence-electron chi connectivity index (χ0n) is 11.7. The van der Waals surface area contributed by atoms with E-state index in [0.717, 1.165) is 0 Å². The van der Waals surface area contributed by atoms with E-state index in [4.69, 9.17) is 15.0 Å². The number of likely N-dealkylation sites (tertiary alicyclic amines) is 1.